The van der Waals surface area contributed by atoms with E-state index >= 15 is 0 Å². The molecule has 1 atom stereocenters. The van der Waals surface area contributed by atoms with Gasteiger partial charge in [0.15, 0.2) is 0 Å². The molecule has 1 amide bonds. The molecule has 1 fully saturated rings. The number of likely N-dealkylation sites (N-methyl/N-ethyl adjacent to an activating group) is 1. The average Bonchev–Trinajstić information content (AvgIpc) is 2.46. The topological polar surface area (TPSA) is 80.5 Å². The van der Waals surface area contributed by atoms with Crippen LogP contribution in [-0.4, -0.2) is 43.7 Å². The molecule has 3 N–H and O–H groups in total. The van der Waals surface area contributed by atoms with E-state index in [1.165, 1.54) is 0 Å². The van der Waals surface area contributed by atoms with Crippen LogP contribution in [0.25, 0.3) is 0 Å². The zero-order chi connectivity index (χ0) is 13.0. The Labute approximate surface area is 106 Å². The van der Waals surface area contributed by atoms with Gasteiger partial charge in [0, 0.05) is 20.1 Å². The third-order valence-corrected chi connectivity index (χ3v) is 2.97. The summed E-state index contributed by atoms with van der Waals surface area (Å²) in [5.74, 6) is 0.713. The van der Waals surface area contributed by atoms with Crippen LogP contribution in [0.15, 0.2) is 18.2 Å². The van der Waals surface area contributed by atoms with Gasteiger partial charge in [0.1, 0.15) is 11.9 Å². The van der Waals surface area contributed by atoms with E-state index in [0.717, 1.165) is 11.5 Å². The van der Waals surface area contributed by atoms with E-state index < -0.39 is 0 Å². The van der Waals surface area contributed by atoms with Gasteiger partial charge in [-0.25, -0.2) is 4.98 Å². The van der Waals surface area contributed by atoms with Crippen LogP contribution >= 0.6 is 0 Å². The second-order valence-corrected chi connectivity index (χ2v) is 4.09. The summed E-state index contributed by atoms with van der Waals surface area (Å²) in [6, 6.07) is 5.34. The van der Waals surface area contributed by atoms with E-state index in [-0.39, 0.29) is 11.9 Å². The molecule has 1 unspecified atom stereocenters. The molecule has 1 aliphatic rings. The second kappa shape index (κ2) is 5.79. The van der Waals surface area contributed by atoms with E-state index in [9.17, 15) is 4.79 Å². The second-order valence-electron chi connectivity index (χ2n) is 4.09. The van der Waals surface area contributed by atoms with Gasteiger partial charge in [-0.3, -0.25) is 4.79 Å². The molecule has 0 spiro atoms. The van der Waals surface area contributed by atoms with Crippen LogP contribution in [0.3, 0.4) is 0 Å². The third kappa shape index (κ3) is 2.60. The Bertz CT molecular complexity index is 424. The number of hydrogen-bond donors (Lipinski definition) is 2. The van der Waals surface area contributed by atoms with Crippen LogP contribution in [0.4, 0.5) is 5.82 Å². The molecule has 0 saturated carbocycles. The van der Waals surface area contributed by atoms with Crippen LogP contribution < -0.4 is 16.0 Å². The van der Waals surface area contributed by atoms with E-state index in [1.807, 2.05) is 23.1 Å². The van der Waals surface area contributed by atoms with Gasteiger partial charge in [-0.05, 0) is 12.1 Å². The number of carbonyl (C=O) groups excluding carboxylic acids is 1. The minimum atomic E-state index is -0.329. The van der Waals surface area contributed by atoms with E-state index in [2.05, 4.69) is 10.3 Å². The molecule has 6 nitrogen and oxygen atoms in total. The van der Waals surface area contributed by atoms with Crippen LogP contribution in [-0.2, 0) is 16.1 Å². The van der Waals surface area contributed by atoms with Crippen LogP contribution in [0.1, 0.15) is 5.69 Å². The lowest BCUT2D eigenvalue weighted by Gasteiger charge is -2.35. The smallest absolute Gasteiger partial charge is 0.244 e. The predicted octanol–water partition coefficient (Wildman–Crippen LogP) is -0.508. The SMILES string of the molecule is CNC(=O)C1COCCN1c1cccc(CN)n1. The quantitative estimate of drug-likeness (QED) is 0.755. The van der Waals surface area contributed by atoms with Crippen molar-refractivity contribution in [2.24, 2.45) is 5.73 Å². The van der Waals surface area contributed by atoms with Crippen LogP contribution in [0, 0.1) is 0 Å². The molecule has 2 heterocycles. The van der Waals surface area contributed by atoms with Gasteiger partial charge in [0.2, 0.25) is 5.91 Å². The number of nitrogens with one attached hydrogen (secondary N) is 1. The van der Waals surface area contributed by atoms with Crippen molar-refractivity contribution in [2.45, 2.75) is 12.6 Å². The molecule has 1 aliphatic heterocycles. The Kier molecular flexibility index (Phi) is 4.11. The van der Waals surface area contributed by atoms with Crippen molar-refractivity contribution in [1.29, 1.82) is 0 Å². The molecule has 0 bridgehead atoms. The normalized spacial score (nSPS) is 19.7. The average molecular weight is 250 g/mol. The summed E-state index contributed by atoms with van der Waals surface area (Å²) in [6.45, 7) is 2.03. The summed E-state index contributed by atoms with van der Waals surface area (Å²) in [7, 11) is 1.62. The van der Waals surface area contributed by atoms with Crippen molar-refractivity contribution in [3.63, 3.8) is 0 Å². The fourth-order valence-electron chi connectivity index (χ4n) is 2.00. The van der Waals surface area contributed by atoms with Crippen molar-refractivity contribution < 1.29 is 9.53 Å². The number of nitrogens with zero attached hydrogens (tertiary/aromatic N) is 2. The Balaban J connectivity index is 2.24. The van der Waals surface area contributed by atoms with Crippen molar-refractivity contribution in [3.8, 4) is 0 Å². The fraction of sp³-hybridized carbons (Fsp3) is 0.500. The molecule has 98 valence electrons. The molecular formula is C12H18N4O2. The number of morpholine rings is 1. The number of rotatable bonds is 3. The van der Waals surface area contributed by atoms with E-state index in [4.69, 9.17) is 10.5 Å². The zero-order valence-corrected chi connectivity index (χ0v) is 10.4. The van der Waals surface area contributed by atoms with Crippen LogP contribution in [0.5, 0.6) is 0 Å². The largest absolute Gasteiger partial charge is 0.377 e. The van der Waals surface area contributed by atoms with Crippen molar-refractivity contribution in [2.75, 3.05) is 31.7 Å². The first-order chi connectivity index (χ1) is 8.76. The highest BCUT2D eigenvalue weighted by Gasteiger charge is 2.29. The Morgan fingerprint density at radius 2 is 2.50 bits per heavy atom. The van der Waals surface area contributed by atoms with E-state index in [1.54, 1.807) is 7.05 Å². The number of hydrogen-bond acceptors (Lipinski definition) is 5. The van der Waals surface area contributed by atoms with Crippen molar-refractivity contribution in [3.05, 3.63) is 23.9 Å². The molecule has 1 aromatic heterocycles. The maximum Gasteiger partial charge on any atom is 0.244 e. The highest BCUT2D eigenvalue weighted by atomic mass is 16.5. The molecule has 0 aromatic carbocycles. The van der Waals surface area contributed by atoms with E-state index in [0.29, 0.717) is 26.3 Å². The molecule has 0 aliphatic carbocycles. The lowest BCUT2D eigenvalue weighted by atomic mass is 10.2. The molecule has 2 rings (SSSR count). The first-order valence-corrected chi connectivity index (χ1v) is 5.98. The van der Waals surface area contributed by atoms with Gasteiger partial charge in [-0.2, -0.15) is 0 Å². The summed E-state index contributed by atoms with van der Waals surface area (Å²) in [4.78, 5) is 18.2. The maximum atomic E-state index is 11.8. The summed E-state index contributed by atoms with van der Waals surface area (Å²) < 4.78 is 5.36. The van der Waals surface area contributed by atoms with Crippen molar-refractivity contribution in [1.82, 2.24) is 10.3 Å². The number of nitrogens with two attached hydrogens (primary N) is 1. The molecular weight excluding hydrogens is 232 g/mol. The highest BCUT2D eigenvalue weighted by Crippen LogP contribution is 2.17. The summed E-state index contributed by atoms with van der Waals surface area (Å²) >= 11 is 0. The minimum Gasteiger partial charge on any atom is -0.377 e. The Hall–Kier alpha value is -1.66. The first kappa shape index (κ1) is 12.8. The molecule has 0 radical (unpaired) electrons. The maximum absolute atomic E-state index is 11.8. The monoisotopic (exact) mass is 250 g/mol. The minimum absolute atomic E-state index is 0.0605. The van der Waals surface area contributed by atoms with Gasteiger partial charge in [0.05, 0.1) is 18.9 Å². The molecule has 1 aromatic rings. The Morgan fingerprint density at radius 1 is 1.67 bits per heavy atom. The lowest BCUT2D eigenvalue weighted by Crippen LogP contribution is -2.53. The summed E-state index contributed by atoms with van der Waals surface area (Å²) in [5.41, 5.74) is 6.40. The Morgan fingerprint density at radius 3 is 3.22 bits per heavy atom. The number of ether oxygens (including phenoxy) is 1. The lowest BCUT2D eigenvalue weighted by molar-refractivity contribution is -0.124. The molecule has 18 heavy (non-hydrogen) atoms. The standard InChI is InChI=1S/C12H18N4O2/c1-14-12(17)10-8-18-6-5-16(10)11-4-2-3-9(7-13)15-11/h2-4,10H,5-8,13H2,1H3,(H,14,17). The fourth-order valence-corrected chi connectivity index (χ4v) is 2.00. The number of carbonyl (C=O) groups is 1. The number of aromatic nitrogens is 1. The predicted molar refractivity (Wildman–Crippen MR) is 68.1 cm³/mol. The zero-order valence-electron chi connectivity index (χ0n) is 10.4. The number of amides is 1. The third-order valence-electron chi connectivity index (χ3n) is 2.97. The first-order valence-electron chi connectivity index (χ1n) is 5.98. The highest BCUT2D eigenvalue weighted by molar-refractivity contribution is 5.85. The number of pyridine rings is 1. The van der Waals surface area contributed by atoms with Gasteiger partial charge in [-0.15, -0.1) is 0 Å². The summed E-state index contributed by atoms with van der Waals surface area (Å²) in [5, 5.41) is 2.65. The van der Waals surface area contributed by atoms with Gasteiger partial charge < -0.3 is 20.7 Å². The molecule has 6 heteroatoms. The van der Waals surface area contributed by atoms with Gasteiger partial charge >= 0.3 is 0 Å². The van der Waals surface area contributed by atoms with Crippen molar-refractivity contribution >= 4 is 11.7 Å². The number of anilines is 1. The van der Waals surface area contributed by atoms with Crippen LogP contribution in [0.2, 0.25) is 0 Å². The van der Waals surface area contributed by atoms with Gasteiger partial charge in [0.25, 0.3) is 0 Å². The van der Waals surface area contributed by atoms with Gasteiger partial charge in [-0.1, -0.05) is 6.07 Å². The summed E-state index contributed by atoms with van der Waals surface area (Å²) in [6.07, 6.45) is 0. The molecule has 1 saturated heterocycles.